The van der Waals surface area contributed by atoms with Gasteiger partial charge in [-0.15, -0.1) is 0 Å². The topological polar surface area (TPSA) is 84.3 Å². The number of hydrogen-bond acceptors (Lipinski definition) is 4. The lowest BCUT2D eigenvalue weighted by atomic mass is 10.2. The summed E-state index contributed by atoms with van der Waals surface area (Å²) in [6.45, 7) is 5.34. The number of rotatable bonds is 9. The number of imidazole rings is 1. The highest BCUT2D eigenvalue weighted by Crippen LogP contribution is 2.21. The van der Waals surface area contributed by atoms with Gasteiger partial charge in [0.2, 0.25) is 15.9 Å². The fraction of sp³-hybridized carbons (Fsp3) is 0.333. The van der Waals surface area contributed by atoms with Crippen molar-refractivity contribution in [3.05, 3.63) is 59.4 Å². The third kappa shape index (κ3) is 5.00. The average molecular weight is 449 g/mol. The Morgan fingerprint density at radius 3 is 2.50 bits per heavy atom. The number of sulfonamides is 1. The summed E-state index contributed by atoms with van der Waals surface area (Å²) in [6.07, 6.45) is 1.92. The Hall–Kier alpha value is -2.42. The Morgan fingerprint density at radius 2 is 1.83 bits per heavy atom. The van der Waals surface area contributed by atoms with Gasteiger partial charge in [-0.1, -0.05) is 37.6 Å². The predicted molar refractivity (Wildman–Crippen MR) is 118 cm³/mol. The number of amides is 1. The molecule has 0 saturated heterocycles. The van der Waals surface area contributed by atoms with Gasteiger partial charge >= 0.3 is 0 Å². The number of aromatic nitrogens is 2. The second kappa shape index (κ2) is 9.59. The molecule has 1 amide bonds. The average Bonchev–Trinajstić information content (AvgIpc) is 3.15. The number of aryl methyl sites for hydroxylation is 1. The maximum Gasteiger partial charge on any atom is 0.243 e. The van der Waals surface area contributed by atoms with E-state index in [2.05, 4.69) is 10.3 Å². The molecule has 0 unspecified atom stereocenters. The van der Waals surface area contributed by atoms with Crippen molar-refractivity contribution in [3.63, 3.8) is 0 Å². The third-order valence-corrected chi connectivity index (χ3v) is 7.22. The van der Waals surface area contributed by atoms with Crippen LogP contribution in [0.4, 0.5) is 0 Å². The zero-order chi connectivity index (χ0) is 21.7. The highest BCUT2D eigenvalue weighted by Gasteiger charge is 2.22. The Morgan fingerprint density at radius 1 is 1.13 bits per heavy atom. The largest absolute Gasteiger partial charge is 0.352 e. The first kappa shape index (κ1) is 22.3. The van der Waals surface area contributed by atoms with Gasteiger partial charge in [0.05, 0.1) is 22.3 Å². The van der Waals surface area contributed by atoms with Crippen LogP contribution in [-0.4, -0.2) is 41.3 Å². The molecule has 1 aromatic heterocycles. The van der Waals surface area contributed by atoms with Gasteiger partial charge in [0.1, 0.15) is 0 Å². The summed E-state index contributed by atoms with van der Waals surface area (Å²) in [4.78, 5) is 16.7. The smallest absolute Gasteiger partial charge is 0.243 e. The van der Waals surface area contributed by atoms with Gasteiger partial charge in [0.25, 0.3) is 0 Å². The van der Waals surface area contributed by atoms with Crippen molar-refractivity contribution < 1.29 is 13.2 Å². The van der Waals surface area contributed by atoms with Crippen molar-refractivity contribution in [2.24, 2.45) is 0 Å². The Labute approximate surface area is 181 Å². The van der Waals surface area contributed by atoms with Crippen molar-refractivity contribution in [2.45, 2.75) is 38.3 Å². The number of fused-ring (bicyclic) bond motifs is 1. The first-order valence-corrected chi connectivity index (χ1v) is 11.6. The second-order valence-corrected chi connectivity index (χ2v) is 9.21. The zero-order valence-corrected chi connectivity index (χ0v) is 18.6. The molecule has 30 heavy (non-hydrogen) atoms. The molecule has 0 radical (unpaired) electrons. The molecule has 0 saturated carbocycles. The van der Waals surface area contributed by atoms with E-state index in [4.69, 9.17) is 11.6 Å². The van der Waals surface area contributed by atoms with Crippen LogP contribution >= 0.6 is 11.6 Å². The van der Waals surface area contributed by atoms with Crippen LogP contribution in [0, 0.1) is 0 Å². The minimum atomic E-state index is -3.53. The van der Waals surface area contributed by atoms with Gasteiger partial charge in [-0.3, -0.25) is 4.79 Å². The van der Waals surface area contributed by atoms with Gasteiger partial charge < -0.3 is 9.88 Å². The first-order chi connectivity index (χ1) is 14.3. The summed E-state index contributed by atoms with van der Waals surface area (Å²) < 4.78 is 28.7. The van der Waals surface area contributed by atoms with E-state index < -0.39 is 10.0 Å². The fourth-order valence-corrected chi connectivity index (χ4v) is 4.81. The van der Waals surface area contributed by atoms with Gasteiger partial charge in [0, 0.05) is 37.6 Å². The van der Waals surface area contributed by atoms with Crippen LogP contribution in [0.3, 0.4) is 0 Å². The normalized spacial score (nSPS) is 11.9. The van der Waals surface area contributed by atoms with Gasteiger partial charge in [-0.2, -0.15) is 4.31 Å². The number of halogens is 1. The SMILES string of the molecule is CCN(CC)S(=O)(=O)c1ccc2c(c1)ncn2CCC(=O)NCc1ccc(Cl)cc1. The van der Waals surface area contributed by atoms with Crippen LogP contribution in [0.15, 0.2) is 53.7 Å². The van der Waals surface area contributed by atoms with Crippen LogP contribution in [-0.2, 0) is 27.9 Å². The lowest BCUT2D eigenvalue weighted by Crippen LogP contribution is -2.30. The molecule has 1 heterocycles. The summed E-state index contributed by atoms with van der Waals surface area (Å²) in [5.74, 6) is -0.0764. The molecule has 0 aliphatic rings. The lowest BCUT2D eigenvalue weighted by molar-refractivity contribution is -0.121. The monoisotopic (exact) mass is 448 g/mol. The molecule has 2 aromatic carbocycles. The maximum absolute atomic E-state index is 12.7. The molecule has 0 atom stereocenters. The van der Waals surface area contributed by atoms with Crippen LogP contribution in [0.25, 0.3) is 11.0 Å². The summed E-state index contributed by atoms with van der Waals surface area (Å²) in [5, 5.41) is 3.54. The van der Waals surface area contributed by atoms with Crippen molar-refractivity contribution >= 4 is 38.6 Å². The van der Waals surface area contributed by atoms with E-state index in [1.807, 2.05) is 30.5 Å². The van der Waals surface area contributed by atoms with Crippen molar-refractivity contribution in [2.75, 3.05) is 13.1 Å². The number of hydrogen-bond donors (Lipinski definition) is 1. The summed E-state index contributed by atoms with van der Waals surface area (Å²) in [7, 11) is -3.53. The zero-order valence-electron chi connectivity index (χ0n) is 17.0. The number of benzene rings is 2. The summed E-state index contributed by atoms with van der Waals surface area (Å²) >= 11 is 5.86. The van der Waals surface area contributed by atoms with E-state index in [1.165, 1.54) is 4.31 Å². The molecule has 7 nitrogen and oxygen atoms in total. The standard InChI is InChI=1S/C21H25ClN4O3S/c1-3-26(4-2)30(28,29)18-9-10-20-19(13-18)24-15-25(20)12-11-21(27)23-14-16-5-7-17(22)8-6-16/h5-10,13,15H,3-4,11-12,14H2,1-2H3,(H,23,27). The molecule has 160 valence electrons. The Bertz CT molecular complexity index is 1120. The molecule has 0 aliphatic carbocycles. The number of nitrogens with zero attached hydrogens (tertiary/aromatic N) is 3. The molecule has 9 heteroatoms. The molecule has 1 N–H and O–H groups in total. The quantitative estimate of drug-likeness (QED) is 0.543. The molecule has 0 fully saturated rings. The van der Waals surface area contributed by atoms with Crippen molar-refractivity contribution in [1.82, 2.24) is 19.2 Å². The second-order valence-electron chi connectivity index (χ2n) is 6.83. The number of nitrogens with one attached hydrogen (secondary N) is 1. The van der Waals surface area contributed by atoms with Gasteiger partial charge in [-0.05, 0) is 35.9 Å². The highest BCUT2D eigenvalue weighted by atomic mass is 35.5. The van der Waals surface area contributed by atoms with E-state index in [-0.39, 0.29) is 10.8 Å². The molecule has 0 bridgehead atoms. The van der Waals surface area contributed by atoms with E-state index in [1.54, 1.807) is 36.7 Å². The van der Waals surface area contributed by atoms with Crippen LogP contribution in [0.2, 0.25) is 5.02 Å². The Balaban J connectivity index is 1.64. The minimum Gasteiger partial charge on any atom is -0.352 e. The fourth-order valence-electron chi connectivity index (χ4n) is 3.21. The van der Waals surface area contributed by atoms with Crippen molar-refractivity contribution in [1.29, 1.82) is 0 Å². The van der Waals surface area contributed by atoms with E-state index in [0.29, 0.717) is 43.1 Å². The van der Waals surface area contributed by atoms with Crippen molar-refractivity contribution in [3.8, 4) is 0 Å². The molecule has 3 aromatic rings. The Kier molecular flexibility index (Phi) is 7.12. The molecule has 0 spiro atoms. The van der Waals surface area contributed by atoms with Gasteiger partial charge in [0.15, 0.2) is 0 Å². The van der Waals surface area contributed by atoms with E-state index >= 15 is 0 Å². The summed E-state index contributed by atoms with van der Waals surface area (Å²) in [6, 6.07) is 12.2. The number of carbonyl (C=O) groups is 1. The van der Waals surface area contributed by atoms with Crippen LogP contribution in [0.1, 0.15) is 25.8 Å². The molecule has 3 rings (SSSR count). The summed E-state index contributed by atoms with van der Waals surface area (Å²) in [5.41, 5.74) is 2.35. The molecule has 0 aliphatic heterocycles. The molecular weight excluding hydrogens is 424 g/mol. The van der Waals surface area contributed by atoms with Crippen LogP contribution < -0.4 is 5.32 Å². The highest BCUT2D eigenvalue weighted by molar-refractivity contribution is 7.89. The first-order valence-electron chi connectivity index (χ1n) is 9.81. The van der Waals surface area contributed by atoms with Crippen LogP contribution in [0.5, 0.6) is 0 Å². The maximum atomic E-state index is 12.7. The van der Waals surface area contributed by atoms with E-state index in [0.717, 1.165) is 11.1 Å². The molecular formula is C21H25ClN4O3S. The lowest BCUT2D eigenvalue weighted by Gasteiger charge is -2.18. The van der Waals surface area contributed by atoms with Gasteiger partial charge in [-0.25, -0.2) is 13.4 Å². The minimum absolute atomic E-state index is 0.0764. The third-order valence-electron chi connectivity index (χ3n) is 4.92. The predicted octanol–water partition coefficient (Wildman–Crippen LogP) is 3.43. The van der Waals surface area contributed by atoms with E-state index in [9.17, 15) is 13.2 Å². The number of carbonyl (C=O) groups excluding carboxylic acids is 1.